The Morgan fingerprint density at radius 3 is 2.65 bits per heavy atom. The molecule has 17 heavy (non-hydrogen) atoms. The van der Waals surface area contributed by atoms with Gasteiger partial charge in [-0.2, -0.15) is 11.8 Å². The number of nitrogens with zero attached hydrogens (tertiary/aromatic N) is 1. The third kappa shape index (κ3) is 5.19. The number of rotatable bonds is 6. The van der Waals surface area contributed by atoms with Crippen molar-refractivity contribution in [1.82, 2.24) is 10.2 Å². The third-order valence-electron chi connectivity index (χ3n) is 3.58. The van der Waals surface area contributed by atoms with Gasteiger partial charge in [-0.1, -0.05) is 20.8 Å². The first kappa shape index (κ1) is 15.3. The maximum Gasteiger partial charge on any atom is 0.0198 e. The molecule has 1 fully saturated rings. The van der Waals surface area contributed by atoms with Crippen molar-refractivity contribution in [2.75, 3.05) is 24.6 Å². The Balaban J connectivity index is 2.44. The zero-order valence-electron chi connectivity index (χ0n) is 12.2. The third-order valence-corrected chi connectivity index (χ3v) is 4.71. The van der Waals surface area contributed by atoms with E-state index in [2.05, 4.69) is 56.6 Å². The molecule has 0 aromatic heterocycles. The molecule has 1 aliphatic heterocycles. The largest absolute Gasteiger partial charge is 0.311 e. The second-order valence-corrected chi connectivity index (χ2v) is 7.11. The molecule has 0 aromatic rings. The van der Waals surface area contributed by atoms with Crippen LogP contribution in [0.2, 0.25) is 0 Å². The highest BCUT2D eigenvalue weighted by molar-refractivity contribution is 7.99. The minimum atomic E-state index is 0.686. The molecule has 2 nitrogen and oxygen atoms in total. The first-order chi connectivity index (χ1) is 8.04. The van der Waals surface area contributed by atoms with Gasteiger partial charge in [-0.3, -0.25) is 4.90 Å². The van der Waals surface area contributed by atoms with Crippen LogP contribution in [0.25, 0.3) is 0 Å². The predicted molar refractivity (Wildman–Crippen MR) is 79.9 cm³/mol. The fourth-order valence-electron chi connectivity index (χ4n) is 2.68. The molecule has 1 saturated heterocycles. The lowest BCUT2D eigenvalue weighted by Gasteiger charge is -2.42. The van der Waals surface area contributed by atoms with Crippen LogP contribution >= 0.6 is 11.8 Å². The molecule has 0 spiro atoms. The maximum atomic E-state index is 3.69. The van der Waals surface area contributed by atoms with Crippen molar-refractivity contribution in [1.29, 1.82) is 0 Å². The molecule has 102 valence electrons. The van der Waals surface area contributed by atoms with Crippen LogP contribution in [0.15, 0.2) is 0 Å². The van der Waals surface area contributed by atoms with Crippen LogP contribution in [0.4, 0.5) is 0 Å². The molecule has 3 unspecified atom stereocenters. The van der Waals surface area contributed by atoms with Crippen molar-refractivity contribution < 1.29 is 0 Å². The molecule has 0 aromatic carbocycles. The van der Waals surface area contributed by atoms with E-state index in [4.69, 9.17) is 0 Å². The van der Waals surface area contributed by atoms with E-state index in [9.17, 15) is 0 Å². The van der Waals surface area contributed by atoms with Crippen LogP contribution in [0.1, 0.15) is 41.0 Å². The van der Waals surface area contributed by atoms with E-state index in [0.29, 0.717) is 18.1 Å². The van der Waals surface area contributed by atoms with Crippen molar-refractivity contribution in [3.63, 3.8) is 0 Å². The topological polar surface area (TPSA) is 15.3 Å². The number of hydrogen-bond donors (Lipinski definition) is 1. The average Bonchev–Trinajstić information content (AvgIpc) is 2.28. The average molecular weight is 258 g/mol. The summed E-state index contributed by atoms with van der Waals surface area (Å²) in [6, 6.07) is 2.10. The quantitative estimate of drug-likeness (QED) is 0.789. The summed E-state index contributed by atoms with van der Waals surface area (Å²) in [5.74, 6) is 3.30. The van der Waals surface area contributed by atoms with Gasteiger partial charge in [0.2, 0.25) is 0 Å². The highest BCUT2D eigenvalue weighted by Crippen LogP contribution is 2.18. The fourth-order valence-corrected chi connectivity index (χ4v) is 3.45. The van der Waals surface area contributed by atoms with Gasteiger partial charge in [0.25, 0.3) is 0 Å². The van der Waals surface area contributed by atoms with Gasteiger partial charge in [0.1, 0.15) is 0 Å². The monoisotopic (exact) mass is 258 g/mol. The van der Waals surface area contributed by atoms with E-state index < -0.39 is 0 Å². The molecule has 0 aliphatic carbocycles. The highest BCUT2D eigenvalue weighted by Gasteiger charge is 2.28. The van der Waals surface area contributed by atoms with Crippen molar-refractivity contribution in [2.24, 2.45) is 5.92 Å². The molecule has 0 radical (unpaired) electrons. The minimum Gasteiger partial charge on any atom is -0.311 e. The van der Waals surface area contributed by atoms with Crippen LogP contribution < -0.4 is 5.32 Å². The van der Waals surface area contributed by atoms with E-state index in [1.807, 2.05) is 0 Å². The molecular weight excluding hydrogens is 228 g/mol. The van der Waals surface area contributed by atoms with Crippen LogP contribution in [-0.4, -0.2) is 47.6 Å². The number of hydrogen-bond acceptors (Lipinski definition) is 3. The number of nitrogens with one attached hydrogen (secondary N) is 1. The molecule has 1 heterocycles. The molecule has 3 heteroatoms. The molecule has 0 amide bonds. The Bertz CT molecular complexity index is 208. The van der Waals surface area contributed by atoms with E-state index in [-0.39, 0.29) is 0 Å². The van der Waals surface area contributed by atoms with Crippen molar-refractivity contribution in [2.45, 2.75) is 59.2 Å². The Labute approximate surface area is 112 Å². The van der Waals surface area contributed by atoms with Crippen molar-refractivity contribution >= 4 is 11.8 Å². The van der Waals surface area contributed by atoms with Gasteiger partial charge in [0.05, 0.1) is 0 Å². The minimum absolute atomic E-state index is 0.686. The molecule has 1 aliphatic rings. The second kappa shape index (κ2) is 7.65. The summed E-state index contributed by atoms with van der Waals surface area (Å²) in [5.41, 5.74) is 0. The molecule has 3 atom stereocenters. The normalized spacial score (nSPS) is 28.6. The SMILES string of the molecule is CCSCC(C)N1CC(CC(C)C)NCC1C. The van der Waals surface area contributed by atoms with E-state index in [1.54, 1.807) is 0 Å². The second-order valence-electron chi connectivity index (χ2n) is 5.79. The summed E-state index contributed by atoms with van der Waals surface area (Å²) in [6.07, 6.45) is 1.30. The smallest absolute Gasteiger partial charge is 0.0198 e. The molecule has 0 saturated carbocycles. The Morgan fingerprint density at radius 2 is 2.06 bits per heavy atom. The lowest BCUT2D eigenvalue weighted by molar-refractivity contribution is 0.102. The maximum absolute atomic E-state index is 3.69. The zero-order chi connectivity index (χ0) is 12.8. The van der Waals surface area contributed by atoms with Gasteiger partial charge in [0, 0.05) is 37.0 Å². The lowest BCUT2D eigenvalue weighted by atomic mass is 9.99. The summed E-state index contributed by atoms with van der Waals surface area (Å²) in [7, 11) is 0. The van der Waals surface area contributed by atoms with Gasteiger partial charge in [-0.25, -0.2) is 0 Å². The predicted octanol–water partition coefficient (Wildman–Crippen LogP) is 2.84. The Hall–Kier alpha value is 0.270. The molecular formula is C14H30N2S. The fraction of sp³-hybridized carbons (Fsp3) is 1.00. The molecule has 1 N–H and O–H groups in total. The zero-order valence-corrected chi connectivity index (χ0v) is 13.0. The first-order valence-electron chi connectivity index (χ1n) is 7.11. The van der Waals surface area contributed by atoms with Crippen LogP contribution in [-0.2, 0) is 0 Å². The molecule has 0 bridgehead atoms. The van der Waals surface area contributed by atoms with E-state index in [1.165, 1.54) is 24.5 Å². The number of thioether (sulfide) groups is 1. The van der Waals surface area contributed by atoms with Crippen molar-refractivity contribution in [3.8, 4) is 0 Å². The van der Waals surface area contributed by atoms with Gasteiger partial charge in [-0.15, -0.1) is 0 Å². The Kier molecular flexibility index (Phi) is 6.90. The van der Waals surface area contributed by atoms with E-state index >= 15 is 0 Å². The Morgan fingerprint density at radius 1 is 1.35 bits per heavy atom. The van der Waals surface area contributed by atoms with E-state index in [0.717, 1.165) is 12.5 Å². The first-order valence-corrected chi connectivity index (χ1v) is 8.26. The van der Waals surface area contributed by atoms with Gasteiger partial charge in [0.15, 0.2) is 0 Å². The lowest BCUT2D eigenvalue weighted by Crippen LogP contribution is -2.58. The van der Waals surface area contributed by atoms with Crippen LogP contribution in [0.3, 0.4) is 0 Å². The summed E-state index contributed by atoms with van der Waals surface area (Å²) < 4.78 is 0. The highest BCUT2D eigenvalue weighted by atomic mass is 32.2. The van der Waals surface area contributed by atoms with Crippen molar-refractivity contribution in [3.05, 3.63) is 0 Å². The summed E-state index contributed by atoms with van der Waals surface area (Å²) in [6.45, 7) is 14.0. The summed E-state index contributed by atoms with van der Waals surface area (Å²) in [5, 5.41) is 3.69. The van der Waals surface area contributed by atoms with Crippen LogP contribution in [0, 0.1) is 5.92 Å². The van der Waals surface area contributed by atoms with Crippen LogP contribution in [0.5, 0.6) is 0 Å². The van der Waals surface area contributed by atoms with Gasteiger partial charge in [-0.05, 0) is 31.9 Å². The van der Waals surface area contributed by atoms with Gasteiger partial charge >= 0.3 is 0 Å². The molecule has 1 rings (SSSR count). The number of piperazine rings is 1. The standard InChI is InChI=1S/C14H30N2S/c1-6-17-10-13(5)16-9-14(7-11(2)3)15-8-12(16)4/h11-15H,6-10H2,1-5H3. The van der Waals surface area contributed by atoms with Gasteiger partial charge < -0.3 is 5.32 Å². The summed E-state index contributed by atoms with van der Waals surface area (Å²) in [4.78, 5) is 2.70. The summed E-state index contributed by atoms with van der Waals surface area (Å²) >= 11 is 2.06.